The fraction of sp³-hybridized carbons (Fsp3) is 0.0952. The quantitative estimate of drug-likeness (QED) is 0.597. The lowest BCUT2D eigenvalue weighted by Gasteiger charge is -2.12. The van der Waals surface area contributed by atoms with Gasteiger partial charge in [0.15, 0.2) is 0 Å². The molecule has 0 unspecified atom stereocenters. The molecule has 4 rings (SSSR count). The van der Waals surface area contributed by atoms with E-state index in [1.54, 1.807) is 12.4 Å². The molecular weight excluding hydrogens is 322 g/mol. The van der Waals surface area contributed by atoms with Crippen LogP contribution in [0.3, 0.4) is 0 Å². The largest absolute Gasteiger partial charge is 0.379 e. The molecule has 2 aromatic heterocycles. The first-order valence-electron chi connectivity index (χ1n) is 8.39. The molecule has 2 heterocycles. The molecule has 26 heavy (non-hydrogen) atoms. The van der Waals surface area contributed by atoms with Crippen molar-refractivity contribution in [3.63, 3.8) is 0 Å². The second-order valence-corrected chi connectivity index (χ2v) is 6.08. The number of rotatable bonds is 5. The first-order valence-corrected chi connectivity index (χ1v) is 8.39. The maximum Gasteiger partial charge on any atom is 0.103 e. The lowest BCUT2D eigenvalue weighted by Crippen LogP contribution is -2.04. The second kappa shape index (κ2) is 7.08. The maximum absolute atomic E-state index is 9.42. The third kappa shape index (κ3) is 3.26. The fourth-order valence-electron chi connectivity index (χ4n) is 3.04. The third-order valence-electron chi connectivity index (χ3n) is 4.28. The fourth-order valence-corrected chi connectivity index (χ4v) is 3.04. The van der Waals surface area contributed by atoms with Gasteiger partial charge in [0.25, 0.3) is 0 Å². The van der Waals surface area contributed by atoms with Crippen LogP contribution in [-0.4, -0.2) is 14.5 Å². The van der Waals surface area contributed by atoms with Gasteiger partial charge in [0.2, 0.25) is 0 Å². The van der Waals surface area contributed by atoms with Gasteiger partial charge in [0.1, 0.15) is 6.07 Å². The predicted molar refractivity (Wildman–Crippen MR) is 102 cm³/mol. The van der Waals surface area contributed by atoms with Gasteiger partial charge in [-0.1, -0.05) is 42.5 Å². The number of hydrogen-bond acceptors (Lipinski definition) is 4. The number of para-hydroxylation sites is 1. The number of pyridine rings is 1. The van der Waals surface area contributed by atoms with Gasteiger partial charge in [-0.15, -0.1) is 0 Å². The second-order valence-electron chi connectivity index (χ2n) is 6.08. The van der Waals surface area contributed by atoms with Crippen molar-refractivity contribution in [2.24, 2.45) is 0 Å². The van der Waals surface area contributed by atoms with E-state index in [9.17, 15) is 5.26 Å². The predicted octanol–water partition coefficient (Wildman–Crippen LogP) is 3.96. The van der Waals surface area contributed by atoms with E-state index >= 15 is 0 Å². The van der Waals surface area contributed by atoms with E-state index in [1.165, 1.54) is 5.56 Å². The van der Waals surface area contributed by atoms with E-state index in [2.05, 4.69) is 45.6 Å². The first-order chi connectivity index (χ1) is 12.8. The zero-order valence-electron chi connectivity index (χ0n) is 14.1. The molecule has 0 bridgehead atoms. The Morgan fingerprint density at radius 3 is 2.81 bits per heavy atom. The van der Waals surface area contributed by atoms with Crippen molar-refractivity contribution in [3.8, 4) is 6.07 Å². The number of imidazole rings is 1. The molecule has 0 atom stereocenters. The highest BCUT2D eigenvalue weighted by atomic mass is 15.0. The van der Waals surface area contributed by atoms with Crippen LogP contribution in [0.5, 0.6) is 0 Å². The Kier molecular flexibility index (Phi) is 4.31. The summed E-state index contributed by atoms with van der Waals surface area (Å²) in [5, 5.41) is 13.8. The zero-order valence-corrected chi connectivity index (χ0v) is 14.1. The zero-order chi connectivity index (χ0) is 17.8. The Bertz CT molecular complexity index is 1080. The van der Waals surface area contributed by atoms with E-state index < -0.39 is 0 Å². The van der Waals surface area contributed by atoms with E-state index in [1.807, 2.05) is 41.4 Å². The number of benzene rings is 2. The van der Waals surface area contributed by atoms with Crippen molar-refractivity contribution in [1.82, 2.24) is 14.5 Å². The van der Waals surface area contributed by atoms with Crippen LogP contribution < -0.4 is 5.32 Å². The molecule has 126 valence electrons. The molecule has 0 aliphatic carbocycles. The topological polar surface area (TPSA) is 66.5 Å². The highest BCUT2D eigenvalue weighted by Crippen LogP contribution is 2.26. The molecule has 0 saturated heterocycles. The van der Waals surface area contributed by atoms with Crippen LogP contribution >= 0.6 is 0 Å². The normalized spacial score (nSPS) is 10.6. The SMILES string of the molecule is N#Cc1cnc2ccccc2c1NCc1cccc(Cn2ccnc2)c1. The summed E-state index contributed by atoms with van der Waals surface area (Å²) in [7, 11) is 0. The Hall–Kier alpha value is -3.65. The molecule has 0 spiro atoms. The molecule has 4 aromatic rings. The van der Waals surface area contributed by atoms with Gasteiger partial charge in [0.05, 0.1) is 23.1 Å². The summed E-state index contributed by atoms with van der Waals surface area (Å²) in [4.78, 5) is 8.43. The van der Waals surface area contributed by atoms with Crippen molar-refractivity contribution in [2.45, 2.75) is 13.1 Å². The number of aromatic nitrogens is 3. The number of nitriles is 1. The van der Waals surface area contributed by atoms with E-state index in [-0.39, 0.29) is 0 Å². The molecule has 1 N–H and O–H groups in total. The summed E-state index contributed by atoms with van der Waals surface area (Å²) in [5.74, 6) is 0. The van der Waals surface area contributed by atoms with Gasteiger partial charge in [-0.25, -0.2) is 4.98 Å². The molecule has 5 nitrogen and oxygen atoms in total. The van der Waals surface area contributed by atoms with Gasteiger partial charge in [-0.3, -0.25) is 4.98 Å². The minimum absolute atomic E-state index is 0.554. The summed E-state index contributed by atoms with van der Waals surface area (Å²) in [5.41, 5.74) is 4.63. The van der Waals surface area contributed by atoms with Crippen LogP contribution in [0, 0.1) is 11.3 Å². The van der Waals surface area contributed by atoms with Gasteiger partial charge in [0, 0.05) is 37.1 Å². The van der Waals surface area contributed by atoms with E-state index in [0.717, 1.165) is 28.7 Å². The molecule has 0 fully saturated rings. The highest BCUT2D eigenvalue weighted by molar-refractivity contribution is 5.93. The Labute approximate surface area is 151 Å². The Morgan fingerprint density at radius 2 is 1.96 bits per heavy atom. The smallest absolute Gasteiger partial charge is 0.103 e. The molecule has 0 amide bonds. The number of anilines is 1. The van der Waals surface area contributed by atoms with Crippen molar-refractivity contribution in [2.75, 3.05) is 5.32 Å². The molecule has 0 aliphatic heterocycles. The number of fused-ring (bicyclic) bond motifs is 1. The third-order valence-corrected chi connectivity index (χ3v) is 4.28. The summed E-state index contributed by atoms with van der Waals surface area (Å²) in [6, 6.07) is 18.5. The van der Waals surface area contributed by atoms with E-state index in [4.69, 9.17) is 0 Å². The van der Waals surface area contributed by atoms with E-state index in [0.29, 0.717) is 12.1 Å². The monoisotopic (exact) mass is 339 g/mol. The molecule has 2 aromatic carbocycles. The Balaban J connectivity index is 1.58. The summed E-state index contributed by atoms with van der Waals surface area (Å²) in [6.07, 6.45) is 7.17. The van der Waals surface area contributed by atoms with Gasteiger partial charge in [-0.05, 0) is 17.2 Å². The van der Waals surface area contributed by atoms with Gasteiger partial charge >= 0.3 is 0 Å². The van der Waals surface area contributed by atoms with Crippen LogP contribution in [0.4, 0.5) is 5.69 Å². The van der Waals surface area contributed by atoms with Crippen molar-refractivity contribution < 1.29 is 0 Å². The van der Waals surface area contributed by atoms with Crippen molar-refractivity contribution in [3.05, 3.63) is 90.1 Å². The molecule has 0 saturated carbocycles. The summed E-state index contributed by atoms with van der Waals surface area (Å²) in [6.45, 7) is 1.43. The average molecular weight is 339 g/mol. The minimum Gasteiger partial charge on any atom is -0.379 e. The van der Waals surface area contributed by atoms with Crippen LogP contribution in [0.25, 0.3) is 10.9 Å². The van der Waals surface area contributed by atoms with Crippen LogP contribution in [0.2, 0.25) is 0 Å². The van der Waals surface area contributed by atoms with Crippen LogP contribution in [-0.2, 0) is 13.1 Å². The number of nitrogens with zero attached hydrogens (tertiary/aromatic N) is 4. The minimum atomic E-state index is 0.554. The lowest BCUT2D eigenvalue weighted by molar-refractivity contribution is 0.796. The average Bonchev–Trinajstić information content (AvgIpc) is 3.19. The highest BCUT2D eigenvalue weighted by Gasteiger charge is 2.08. The molecule has 0 radical (unpaired) electrons. The maximum atomic E-state index is 9.42. The molecule has 0 aliphatic rings. The molecule has 5 heteroatoms. The number of hydrogen-bond donors (Lipinski definition) is 1. The summed E-state index contributed by atoms with van der Waals surface area (Å²) < 4.78 is 2.04. The summed E-state index contributed by atoms with van der Waals surface area (Å²) >= 11 is 0. The van der Waals surface area contributed by atoms with Gasteiger partial charge < -0.3 is 9.88 Å². The van der Waals surface area contributed by atoms with Crippen LogP contribution in [0.15, 0.2) is 73.4 Å². The van der Waals surface area contributed by atoms with Crippen LogP contribution in [0.1, 0.15) is 16.7 Å². The van der Waals surface area contributed by atoms with Crippen molar-refractivity contribution >= 4 is 16.6 Å². The lowest BCUT2D eigenvalue weighted by atomic mass is 10.1. The number of nitrogens with one attached hydrogen (secondary N) is 1. The van der Waals surface area contributed by atoms with Gasteiger partial charge in [-0.2, -0.15) is 5.26 Å². The Morgan fingerprint density at radius 1 is 1.08 bits per heavy atom. The first kappa shape index (κ1) is 15.9. The van der Waals surface area contributed by atoms with Crippen molar-refractivity contribution in [1.29, 1.82) is 5.26 Å². The standard InChI is InChI=1S/C21H17N5/c22-11-18-13-24-20-7-2-1-6-19(20)21(18)25-12-16-4-3-5-17(10-16)14-26-9-8-23-15-26/h1-10,13,15H,12,14H2,(H,24,25). The molecular formula is C21H17N5.